The molecule has 0 heterocycles. The minimum absolute atomic E-state index is 0.301. The predicted molar refractivity (Wildman–Crippen MR) is 68.5 cm³/mol. The number of likely N-dealkylation sites (N-methyl/N-ethyl adjacent to an activating group) is 1. The molecule has 0 aromatic heterocycles. The van der Waals surface area contributed by atoms with E-state index in [0.717, 1.165) is 6.54 Å². The van der Waals surface area contributed by atoms with Crippen molar-refractivity contribution in [2.75, 3.05) is 13.7 Å². The number of nitrogens with two attached hydrogens (primary N) is 1. The second kappa shape index (κ2) is 6.58. The van der Waals surface area contributed by atoms with E-state index in [1.54, 1.807) is 7.11 Å². The van der Waals surface area contributed by atoms with Crippen LogP contribution in [0, 0.1) is 0 Å². The minimum Gasteiger partial charge on any atom is -0.380 e. The van der Waals surface area contributed by atoms with Crippen LogP contribution in [0.5, 0.6) is 0 Å². The zero-order chi connectivity index (χ0) is 12.1. The highest BCUT2D eigenvalue weighted by atomic mass is 16.5. The summed E-state index contributed by atoms with van der Waals surface area (Å²) in [7, 11) is 1.80. The van der Waals surface area contributed by atoms with Crippen LogP contribution in [0.3, 0.4) is 0 Å². The van der Waals surface area contributed by atoms with E-state index in [9.17, 15) is 0 Å². The normalized spacial score (nSPS) is 30.4. The summed E-state index contributed by atoms with van der Waals surface area (Å²) in [5.41, 5.74) is 5.96. The van der Waals surface area contributed by atoms with Crippen molar-refractivity contribution in [3.05, 3.63) is 0 Å². The number of ether oxygens (including phenoxy) is 1. The van der Waals surface area contributed by atoms with Gasteiger partial charge in [-0.2, -0.15) is 0 Å². The molecule has 1 aliphatic carbocycles. The average Bonchev–Trinajstić information content (AvgIpc) is 2.31. The maximum atomic E-state index is 5.96. The Kier molecular flexibility index (Phi) is 5.73. The molecule has 0 spiro atoms. The molecule has 0 radical (unpaired) electrons. The molecule has 0 aromatic carbocycles. The van der Waals surface area contributed by atoms with Crippen molar-refractivity contribution < 1.29 is 4.74 Å². The van der Waals surface area contributed by atoms with Crippen LogP contribution < -0.4 is 5.73 Å². The van der Waals surface area contributed by atoms with E-state index in [1.807, 2.05) is 0 Å². The highest BCUT2D eigenvalue weighted by molar-refractivity contribution is 4.85. The van der Waals surface area contributed by atoms with Crippen LogP contribution in [0.4, 0.5) is 0 Å². The van der Waals surface area contributed by atoms with Crippen LogP contribution in [-0.2, 0) is 4.74 Å². The third kappa shape index (κ3) is 3.44. The molecule has 2 atom stereocenters. The molecule has 0 bridgehead atoms. The summed E-state index contributed by atoms with van der Waals surface area (Å²) in [6, 6.07) is 1.64. The van der Waals surface area contributed by atoms with Gasteiger partial charge in [-0.3, -0.25) is 4.90 Å². The van der Waals surface area contributed by atoms with Gasteiger partial charge in [-0.25, -0.2) is 0 Å². The smallest absolute Gasteiger partial charge is 0.0695 e. The lowest BCUT2D eigenvalue weighted by Crippen LogP contribution is -2.49. The summed E-state index contributed by atoms with van der Waals surface area (Å²) < 4.78 is 5.44. The molecule has 0 saturated heterocycles. The van der Waals surface area contributed by atoms with E-state index >= 15 is 0 Å². The van der Waals surface area contributed by atoms with E-state index < -0.39 is 0 Å². The molecule has 2 N–H and O–H groups in total. The van der Waals surface area contributed by atoms with E-state index in [1.165, 1.54) is 25.7 Å². The van der Waals surface area contributed by atoms with Crippen molar-refractivity contribution >= 4 is 0 Å². The van der Waals surface area contributed by atoms with Crippen LogP contribution in [0.25, 0.3) is 0 Å². The third-order valence-corrected chi connectivity index (χ3v) is 4.15. The van der Waals surface area contributed by atoms with Crippen molar-refractivity contribution in [1.29, 1.82) is 0 Å². The maximum absolute atomic E-state index is 5.96. The van der Waals surface area contributed by atoms with Crippen molar-refractivity contribution in [3.8, 4) is 0 Å². The minimum atomic E-state index is 0.301. The molecule has 3 heteroatoms. The molecule has 0 aromatic rings. The fourth-order valence-corrected chi connectivity index (χ4v) is 2.78. The number of hydrogen-bond acceptors (Lipinski definition) is 3. The lowest BCUT2D eigenvalue weighted by molar-refractivity contribution is 0.00731. The summed E-state index contributed by atoms with van der Waals surface area (Å²) in [6.07, 6.45) is 5.14. The SMILES string of the molecule is CCN(C1CCC(N)CC1)C(C)C(C)OC. The van der Waals surface area contributed by atoms with Gasteiger partial charge >= 0.3 is 0 Å². The number of methoxy groups -OCH3 is 1. The lowest BCUT2D eigenvalue weighted by Gasteiger charge is -2.40. The molecule has 0 aliphatic heterocycles. The molecular formula is C13H28N2O. The van der Waals surface area contributed by atoms with Crippen LogP contribution in [0.15, 0.2) is 0 Å². The topological polar surface area (TPSA) is 38.5 Å². The first-order chi connectivity index (χ1) is 7.60. The predicted octanol–water partition coefficient (Wildman–Crippen LogP) is 2.00. The van der Waals surface area contributed by atoms with Crippen LogP contribution in [-0.4, -0.2) is 42.8 Å². The summed E-state index contributed by atoms with van der Waals surface area (Å²) in [5.74, 6) is 0. The maximum Gasteiger partial charge on any atom is 0.0695 e. The monoisotopic (exact) mass is 228 g/mol. The summed E-state index contributed by atoms with van der Waals surface area (Å²) in [5, 5.41) is 0. The highest BCUT2D eigenvalue weighted by Crippen LogP contribution is 2.24. The molecule has 96 valence electrons. The van der Waals surface area contributed by atoms with Gasteiger partial charge < -0.3 is 10.5 Å². The fraction of sp³-hybridized carbons (Fsp3) is 1.00. The van der Waals surface area contributed by atoms with Gasteiger partial charge in [0.25, 0.3) is 0 Å². The first kappa shape index (κ1) is 13.9. The van der Waals surface area contributed by atoms with Gasteiger partial charge in [0.05, 0.1) is 6.10 Å². The molecular weight excluding hydrogens is 200 g/mol. The number of hydrogen-bond donors (Lipinski definition) is 1. The Balaban J connectivity index is 2.53. The Bertz CT molecular complexity index is 190. The van der Waals surface area contributed by atoms with Gasteiger partial charge in [-0.15, -0.1) is 0 Å². The number of nitrogens with zero attached hydrogens (tertiary/aromatic N) is 1. The Morgan fingerprint density at radius 3 is 2.25 bits per heavy atom. The second-order valence-corrected chi connectivity index (χ2v) is 5.08. The molecule has 16 heavy (non-hydrogen) atoms. The molecule has 1 saturated carbocycles. The quantitative estimate of drug-likeness (QED) is 0.782. The first-order valence-electron chi connectivity index (χ1n) is 6.64. The molecule has 2 unspecified atom stereocenters. The molecule has 3 nitrogen and oxygen atoms in total. The van der Waals surface area contributed by atoms with E-state index in [4.69, 9.17) is 10.5 Å². The Hall–Kier alpha value is -0.120. The van der Waals surface area contributed by atoms with Crippen LogP contribution in [0.2, 0.25) is 0 Å². The summed E-state index contributed by atoms with van der Waals surface area (Å²) >= 11 is 0. The van der Waals surface area contributed by atoms with Gasteiger partial charge in [-0.1, -0.05) is 6.92 Å². The van der Waals surface area contributed by atoms with Crippen molar-refractivity contribution in [3.63, 3.8) is 0 Å². The lowest BCUT2D eigenvalue weighted by atomic mass is 9.89. The molecule has 0 amide bonds. The average molecular weight is 228 g/mol. The van der Waals surface area contributed by atoms with Crippen molar-refractivity contribution in [1.82, 2.24) is 4.90 Å². The van der Waals surface area contributed by atoms with E-state index in [0.29, 0.717) is 24.2 Å². The Morgan fingerprint density at radius 2 is 1.81 bits per heavy atom. The van der Waals surface area contributed by atoms with Crippen molar-refractivity contribution in [2.24, 2.45) is 5.73 Å². The van der Waals surface area contributed by atoms with Gasteiger partial charge in [0, 0.05) is 25.2 Å². The standard InChI is InChI=1S/C13H28N2O/c1-5-15(10(2)11(3)16-4)13-8-6-12(14)7-9-13/h10-13H,5-9,14H2,1-4H3. The molecule has 1 rings (SSSR count). The third-order valence-electron chi connectivity index (χ3n) is 4.15. The fourth-order valence-electron chi connectivity index (χ4n) is 2.78. The van der Waals surface area contributed by atoms with Crippen LogP contribution in [0.1, 0.15) is 46.5 Å². The molecule has 1 aliphatic rings. The molecule has 1 fully saturated rings. The van der Waals surface area contributed by atoms with Crippen LogP contribution >= 0.6 is 0 Å². The van der Waals surface area contributed by atoms with E-state index in [2.05, 4.69) is 25.7 Å². The summed E-state index contributed by atoms with van der Waals surface area (Å²) in [6.45, 7) is 7.77. The Labute approximate surface area is 100 Å². The van der Waals surface area contributed by atoms with Gasteiger partial charge in [0.2, 0.25) is 0 Å². The van der Waals surface area contributed by atoms with E-state index in [-0.39, 0.29) is 0 Å². The zero-order valence-corrected chi connectivity index (χ0v) is 11.3. The van der Waals surface area contributed by atoms with Gasteiger partial charge in [0.15, 0.2) is 0 Å². The Morgan fingerprint density at radius 1 is 1.25 bits per heavy atom. The van der Waals surface area contributed by atoms with Gasteiger partial charge in [-0.05, 0) is 46.1 Å². The first-order valence-corrected chi connectivity index (χ1v) is 6.64. The zero-order valence-electron chi connectivity index (χ0n) is 11.3. The largest absolute Gasteiger partial charge is 0.380 e. The summed E-state index contributed by atoms with van der Waals surface area (Å²) in [4.78, 5) is 2.58. The number of rotatable bonds is 5. The van der Waals surface area contributed by atoms with Gasteiger partial charge in [0.1, 0.15) is 0 Å². The van der Waals surface area contributed by atoms with Crippen molar-refractivity contribution in [2.45, 2.75) is 70.7 Å². The highest BCUT2D eigenvalue weighted by Gasteiger charge is 2.28. The second-order valence-electron chi connectivity index (χ2n) is 5.08.